The van der Waals surface area contributed by atoms with Crippen molar-refractivity contribution in [3.63, 3.8) is 0 Å². The maximum atomic E-state index is 13.6. The Kier molecular flexibility index (Phi) is 4.72. The highest BCUT2D eigenvalue weighted by Gasteiger charge is 2.14. The zero-order chi connectivity index (χ0) is 14.7. The molecule has 2 aromatic rings. The van der Waals surface area contributed by atoms with Crippen molar-refractivity contribution >= 4 is 38.9 Å². The Morgan fingerprint density at radius 3 is 2.45 bits per heavy atom. The molecule has 0 saturated heterocycles. The summed E-state index contributed by atoms with van der Waals surface area (Å²) in [6, 6.07) is 3.89. The molecule has 20 heavy (non-hydrogen) atoms. The monoisotopic (exact) mass is 360 g/mol. The lowest BCUT2D eigenvalue weighted by molar-refractivity contribution is 0.0950. The molecular weight excluding hydrogens is 350 g/mol. The van der Waals surface area contributed by atoms with Crippen LogP contribution in [0.2, 0.25) is 0 Å². The van der Waals surface area contributed by atoms with E-state index in [1.807, 2.05) is 11.4 Å². The third kappa shape index (κ3) is 3.34. The molecule has 1 heterocycles. The Morgan fingerprint density at radius 1 is 1.30 bits per heavy atom. The van der Waals surface area contributed by atoms with Crippen LogP contribution >= 0.6 is 27.3 Å². The van der Waals surface area contributed by atoms with Crippen LogP contribution in [0.3, 0.4) is 0 Å². The van der Waals surface area contributed by atoms with Crippen LogP contribution in [0.4, 0.5) is 14.5 Å². The molecule has 0 atom stereocenters. The Labute approximate surface area is 127 Å². The van der Waals surface area contributed by atoms with E-state index >= 15 is 0 Å². The van der Waals surface area contributed by atoms with E-state index in [-0.39, 0.29) is 11.3 Å². The maximum Gasteiger partial charge on any atom is 0.251 e. The number of amides is 1. The maximum absolute atomic E-state index is 13.6. The van der Waals surface area contributed by atoms with Gasteiger partial charge in [0, 0.05) is 27.3 Å². The van der Waals surface area contributed by atoms with Crippen LogP contribution in [0.25, 0.3) is 0 Å². The van der Waals surface area contributed by atoms with Crippen LogP contribution < -0.4 is 10.6 Å². The SMILES string of the molecule is CNc1c(F)cc(C(=O)NCc2cc(Br)cs2)cc1F. The number of carbonyl (C=O) groups excluding carboxylic acids is 1. The molecule has 0 aliphatic heterocycles. The summed E-state index contributed by atoms with van der Waals surface area (Å²) in [7, 11) is 1.41. The summed E-state index contributed by atoms with van der Waals surface area (Å²) in [5, 5.41) is 6.91. The van der Waals surface area contributed by atoms with E-state index in [1.165, 1.54) is 18.4 Å². The highest BCUT2D eigenvalue weighted by Crippen LogP contribution is 2.21. The lowest BCUT2D eigenvalue weighted by Gasteiger charge is -2.08. The molecule has 3 nitrogen and oxygen atoms in total. The Balaban J connectivity index is 2.09. The van der Waals surface area contributed by atoms with Crippen molar-refractivity contribution in [1.82, 2.24) is 5.32 Å². The van der Waals surface area contributed by atoms with Crippen molar-refractivity contribution < 1.29 is 13.6 Å². The standard InChI is InChI=1S/C13H11BrF2N2OS/c1-17-12-10(15)2-7(3-11(12)16)13(19)18-5-9-4-8(14)6-20-9/h2-4,6,17H,5H2,1H3,(H,18,19). The molecule has 1 aromatic heterocycles. The van der Waals surface area contributed by atoms with Gasteiger partial charge in [0.1, 0.15) is 17.3 Å². The van der Waals surface area contributed by atoms with E-state index in [1.54, 1.807) is 0 Å². The third-order valence-corrected chi connectivity index (χ3v) is 4.30. The number of hydrogen-bond acceptors (Lipinski definition) is 3. The van der Waals surface area contributed by atoms with Gasteiger partial charge in [-0.3, -0.25) is 4.79 Å². The number of carbonyl (C=O) groups is 1. The second-order valence-corrected chi connectivity index (χ2v) is 5.89. The predicted octanol–water partition coefficient (Wildman–Crippen LogP) is 3.76. The summed E-state index contributed by atoms with van der Waals surface area (Å²) in [4.78, 5) is 12.8. The number of thiophene rings is 1. The number of nitrogens with one attached hydrogen (secondary N) is 2. The first-order chi connectivity index (χ1) is 9.51. The van der Waals surface area contributed by atoms with Crippen molar-refractivity contribution in [3.8, 4) is 0 Å². The molecule has 0 radical (unpaired) electrons. The number of anilines is 1. The van der Waals surface area contributed by atoms with Crippen molar-refractivity contribution in [2.45, 2.75) is 6.54 Å². The van der Waals surface area contributed by atoms with Gasteiger partial charge in [0.15, 0.2) is 0 Å². The highest BCUT2D eigenvalue weighted by atomic mass is 79.9. The second-order valence-electron chi connectivity index (χ2n) is 3.98. The summed E-state index contributed by atoms with van der Waals surface area (Å²) < 4.78 is 28.0. The summed E-state index contributed by atoms with van der Waals surface area (Å²) in [5.41, 5.74) is -0.293. The van der Waals surface area contributed by atoms with E-state index in [2.05, 4.69) is 26.6 Å². The lowest BCUT2D eigenvalue weighted by Crippen LogP contribution is -2.22. The number of halogens is 3. The normalized spacial score (nSPS) is 10.4. The van der Waals surface area contributed by atoms with Crippen molar-refractivity contribution in [2.24, 2.45) is 0 Å². The van der Waals surface area contributed by atoms with Crippen LogP contribution in [0.5, 0.6) is 0 Å². The first kappa shape index (κ1) is 14.9. The van der Waals surface area contributed by atoms with E-state index in [0.717, 1.165) is 21.5 Å². The third-order valence-electron chi connectivity index (χ3n) is 2.60. The van der Waals surface area contributed by atoms with E-state index in [9.17, 15) is 13.6 Å². The topological polar surface area (TPSA) is 41.1 Å². The molecule has 0 unspecified atom stereocenters. The Morgan fingerprint density at radius 2 is 1.95 bits per heavy atom. The zero-order valence-corrected chi connectivity index (χ0v) is 12.9. The van der Waals surface area contributed by atoms with Gasteiger partial charge in [0.25, 0.3) is 5.91 Å². The van der Waals surface area contributed by atoms with Crippen LogP contribution in [0.15, 0.2) is 28.1 Å². The molecule has 1 aromatic carbocycles. The van der Waals surface area contributed by atoms with Gasteiger partial charge in [-0.1, -0.05) is 0 Å². The van der Waals surface area contributed by atoms with Crippen LogP contribution in [-0.2, 0) is 6.54 Å². The van der Waals surface area contributed by atoms with E-state index in [0.29, 0.717) is 6.54 Å². The van der Waals surface area contributed by atoms with Gasteiger partial charge in [-0.2, -0.15) is 0 Å². The zero-order valence-electron chi connectivity index (χ0n) is 10.5. The molecule has 0 spiro atoms. The number of rotatable bonds is 4. The first-order valence-electron chi connectivity index (χ1n) is 5.69. The second kappa shape index (κ2) is 6.32. The Bertz CT molecular complexity index is 622. The molecule has 0 fully saturated rings. The van der Waals surface area contributed by atoms with Gasteiger partial charge in [0.2, 0.25) is 0 Å². The van der Waals surface area contributed by atoms with Gasteiger partial charge in [-0.15, -0.1) is 11.3 Å². The average Bonchev–Trinajstić information content (AvgIpc) is 2.81. The minimum absolute atomic E-state index is 0.0466. The Hall–Kier alpha value is -1.47. The molecule has 0 aliphatic carbocycles. The molecular formula is C13H11BrF2N2OS. The van der Waals surface area contributed by atoms with Crippen molar-refractivity contribution in [2.75, 3.05) is 12.4 Å². The van der Waals surface area contributed by atoms with Gasteiger partial charge in [-0.05, 0) is 34.1 Å². The summed E-state index contributed by atoms with van der Waals surface area (Å²) in [6.07, 6.45) is 0. The molecule has 7 heteroatoms. The quantitative estimate of drug-likeness (QED) is 0.871. The fourth-order valence-electron chi connectivity index (χ4n) is 1.66. The molecule has 1 amide bonds. The van der Waals surface area contributed by atoms with Gasteiger partial charge in [0.05, 0.1) is 6.54 Å². The minimum atomic E-state index is -0.795. The molecule has 0 saturated carbocycles. The number of benzene rings is 1. The van der Waals surface area contributed by atoms with E-state index < -0.39 is 17.5 Å². The number of hydrogen-bond donors (Lipinski definition) is 2. The summed E-state index contributed by atoms with van der Waals surface area (Å²) in [5.74, 6) is -2.11. The van der Waals surface area contributed by atoms with E-state index in [4.69, 9.17) is 0 Å². The molecule has 0 aliphatic rings. The van der Waals surface area contributed by atoms with Gasteiger partial charge < -0.3 is 10.6 Å². The van der Waals surface area contributed by atoms with Gasteiger partial charge in [-0.25, -0.2) is 8.78 Å². The molecule has 0 bridgehead atoms. The largest absolute Gasteiger partial charge is 0.383 e. The fraction of sp³-hybridized carbons (Fsp3) is 0.154. The van der Waals surface area contributed by atoms with Crippen molar-refractivity contribution in [3.05, 3.63) is 50.1 Å². The minimum Gasteiger partial charge on any atom is -0.383 e. The van der Waals surface area contributed by atoms with Gasteiger partial charge >= 0.3 is 0 Å². The molecule has 106 valence electrons. The van der Waals surface area contributed by atoms with Crippen LogP contribution in [0, 0.1) is 11.6 Å². The first-order valence-corrected chi connectivity index (χ1v) is 7.36. The molecule has 2 rings (SSSR count). The smallest absolute Gasteiger partial charge is 0.251 e. The summed E-state index contributed by atoms with van der Waals surface area (Å²) >= 11 is 4.79. The van der Waals surface area contributed by atoms with Crippen molar-refractivity contribution in [1.29, 1.82) is 0 Å². The molecule has 2 N–H and O–H groups in total. The highest BCUT2D eigenvalue weighted by molar-refractivity contribution is 9.10. The fourth-order valence-corrected chi connectivity index (χ4v) is 3.05. The van der Waals surface area contributed by atoms with Crippen LogP contribution in [0.1, 0.15) is 15.2 Å². The van der Waals surface area contributed by atoms with Crippen LogP contribution in [-0.4, -0.2) is 13.0 Å². The average molecular weight is 361 g/mol. The summed E-state index contributed by atoms with van der Waals surface area (Å²) in [6.45, 7) is 0.312. The lowest BCUT2D eigenvalue weighted by atomic mass is 10.1. The predicted molar refractivity (Wildman–Crippen MR) is 79.1 cm³/mol.